The van der Waals surface area contributed by atoms with E-state index in [2.05, 4.69) is 60.7 Å². The molecule has 6 N–H and O–H groups in total. The summed E-state index contributed by atoms with van der Waals surface area (Å²) in [7, 11) is -1.73. The van der Waals surface area contributed by atoms with Crippen molar-refractivity contribution in [1.29, 1.82) is 0 Å². The summed E-state index contributed by atoms with van der Waals surface area (Å²) in [5.74, 6) is 0. The molecule has 28 heavy (non-hydrogen) atoms. The Morgan fingerprint density at radius 1 is 0.357 bits per heavy atom. The van der Waals surface area contributed by atoms with Crippen LogP contribution < -0.4 is 17.2 Å². The fourth-order valence-electron chi connectivity index (χ4n) is 3.46. The van der Waals surface area contributed by atoms with Gasteiger partial charge in [-0.3, -0.25) is 0 Å². The SMILES string of the molecule is Nc1ccc(S(c2ccccc2)(c2ccc(N)cc2)c2ccc(N)cc2)cc1. The van der Waals surface area contributed by atoms with Gasteiger partial charge in [-0.05, 0) is 84.9 Å². The summed E-state index contributed by atoms with van der Waals surface area (Å²) in [6.07, 6.45) is 0. The van der Waals surface area contributed by atoms with Gasteiger partial charge in [0.25, 0.3) is 0 Å². The summed E-state index contributed by atoms with van der Waals surface area (Å²) in [4.78, 5) is 4.88. The second-order valence-corrected chi connectivity index (χ2v) is 9.74. The minimum absolute atomic E-state index is 0.750. The molecule has 0 aromatic heterocycles. The summed E-state index contributed by atoms with van der Waals surface area (Å²) in [5, 5.41) is 0. The van der Waals surface area contributed by atoms with Crippen LogP contribution >= 0.6 is 10.0 Å². The van der Waals surface area contributed by atoms with Gasteiger partial charge in [-0.15, -0.1) is 10.0 Å². The molecule has 0 bridgehead atoms. The molecule has 0 amide bonds. The summed E-state index contributed by atoms with van der Waals surface area (Å²) in [5.41, 5.74) is 20.3. The summed E-state index contributed by atoms with van der Waals surface area (Å²) >= 11 is 0. The highest BCUT2D eigenvalue weighted by molar-refractivity contribution is 8.34. The van der Waals surface area contributed by atoms with Gasteiger partial charge in [0.05, 0.1) is 0 Å². The van der Waals surface area contributed by atoms with Crippen LogP contribution in [0.2, 0.25) is 0 Å². The highest BCUT2D eigenvalue weighted by Crippen LogP contribution is 2.73. The Balaban J connectivity index is 2.11. The van der Waals surface area contributed by atoms with Crippen molar-refractivity contribution in [2.75, 3.05) is 17.2 Å². The molecule has 0 heterocycles. The topological polar surface area (TPSA) is 78.1 Å². The first-order valence-corrected chi connectivity index (χ1v) is 10.7. The van der Waals surface area contributed by atoms with Crippen molar-refractivity contribution < 1.29 is 0 Å². The smallest absolute Gasteiger partial charge is 0.0314 e. The van der Waals surface area contributed by atoms with Crippen LogP contribution in [-0.2, 0) is 0 Å². The molecule has 4 heteroatoms. The van der Waals surface area contributed by atoms with Crippen LogP contribution in [0, 0.1) is 0 Å². The number of hydrogen-bond acceptors (Lipinski definition) is 3. The lowest BCUT2D eigenvalue weighted by molar-refractivity contribution is 1.24. The first-order valence-electron chi connectivity index (χ1n) is 9.06. The molecule has 4 aromatic rings. The molecule has 0 spiro atoms. The standard InChI is InChI=1S/C24H23N3S/c25-18-6-12-22(13-7-18)28(21-4-2-1-3-5-21,23-14-8-19(26)9-15-23)24-16-10-20(27)11-17-24/h1-17H,25-27H2. The van der Waals surface area contributed by atoms with Crippen LogP contribution in [0.15, 0.2) is 123 Å². The summed E-state index contributed by atoms with van der Waals surface area (Å²) < 4.78 is 0. The van der Waals surface area contributed by atoms with E-state index < -0.39 is 10.0 Å². The van der Waals surface area contributed by atoms with Crippen molar-refractivity contribution >= 4 is 27.1 Å². The molecule has 0 atom stereocenters. The zero-order chi connectivity index (χ0) is 19.6. The fourth-order valence-corrected chi connectivity index (χ4v) is 7.29. The minimum atomic E-state index is -1.73. The van der Waals surface area contributed by atoms with Gasteiger partial charge < -0.3 is 17.2 Å². The van der Waals surface area contributed by atoms with E-state index in [1.54, 1.807) is 0 Å². The first-order chi connectivity index (χ1) is 13.6. The number of hydrogen-bond donors (Lipinski definition) is 3. The second kappa shape index (κ2) is 7.33. The maximum absolute atomic E-state index is 6.00. The van der Waals surface area contributed by atoms with E-state index in [1.165, 1.54) is 19.6 Å². The Morgan fingerprint density at radius 3 is 0.964 bits per heavy atom. The largest absolute Gasteiger partial charge is 0.399 e. The molecule has 3 nitrogen and oxygen atoms in total. The van der Waals surface area contributed by atoms with Gasteiger partial charge in [0.2, 0.25) is 0 Å². The third-order valence-corrected chi connectivity index (χ3v) is 8.71. The molecule has 0 fully saturated rings. The molecular weight excluding hydrogens is 362 g/mol. The van der Waals surface area contributed by atoms with E-state index in [9.17, 15) is 0 Å². The van der Waals surface area contributed by atoms with Gasteiger partial charge >= 0.3 is 0 Å². The van der Waals surface area contributed by atoms with Crippen LogP contribution in [-0.4, -0.2) is 0 Å². The highest BCUT2D eigenvalue weighted by Gasteiger charge is 2.33. The Bertz CT molecular complexity index is 947. The number of anilines is 3. The van der Waals surface area contributed by atoms with Gasteiger partial charge in [0, 0.05) is 36.6 Å². The number of nitrogen functional groups attached to an aromatic ring is 3. The highest BCUT2D eigenvalue weighted by atomic mass is 32.3. The lowest BCUT2D eigenvalue weighted by atomic mass is 10.3. The molecule has 0 aliphatic carbocycles. The van der Waals surface area contributed by atoms with Crippen molar-refractivity contribution in [3.63, 3.8) is 0 Å². The van der Waals surface area contributed by atoms with Crippen LogP contribution in [0.5, 0.6) is 0 Å². The average molecular weight is 386 g/mol. The van der Waals surface area contributed by atoms with Crippen molar-refractivity contribution in [3.8, 4) is 0 Å². The van der Waals surface area contributed by atoms with Crippen molar-refractivity contribution in [1.82, 2.24) is 0 Å². The van der Waals surface area contributed by atoms with Crippen molar-refractivity contribution in [3.05, 3.63) is 103 Å². The molecule has 0 aliphatic heterocycles. The van der Waals surface area contributed by atoms with Gasteiger partial charge in [-0.1, -0.05) is 18.2 Å². The Morgan fingerprint density at radius 2 is 0.643 bits per heavy atom. The molecule has 0 unspecified atom stereocenters. The van der Waals surface area contributed by atoms with Crippen LogP contribution in [0.4, 0.5) is 17.1 Å². The predicted octanol–water partition coefficient (Wildman–Crippen LogP) is 5.77. The Labute approximate surface area is 167 Å². The number of benzene rings is 4. The minimum Gasteiger partial charge on any atom is -0.399 e. The normalized spacial score (nSPS) is 11.9. The Hall–Kier alpha value is -3.37. The first kappa shape index (κ1) is 18.0. The zero-order valence-corrected chi connectivity index (χ0v) is 16.3. The van der Waals surface area contributed by atoms with Crippen LogP contribution in [0.25, 0.3) is 0 Å². The molecule has 140 valence electrons. The Kier molecular flexibility index (Phi) is 4.72. The second-order valence-electron chi connectivity index (χ2n) is 6.63. The summed E-state index contributed by atoms with van der Waals surface area (Å²) in [6.45, 7) is 0. The molecular formula is C24H23N3S. The lowest BCUT2D eigenvalue weighted by Gasteiger charge is -2.42. The molecule has 4 rings (SSSR count). The molecule has 0 radical (unpaired) electrons. The van der Waals surface area contributed by atoms with Gasteiger partial charge in [0.1, 0.15) is 0 Å². The lowest BCUT2D eigenvalue weighted by Crippen LogP contribution is -2.05. The van der Waals surface area contributed by atoms with Crippen molar-refractivity contribution in [2.45, 2.75) is 19.6 Å². The monoisotopic (exact) mass is 385 g/mol. The maximum atomic E-state index is 6.00. The molecule has 0 saturated heterocycles. The molecule has 0 aliphatic rings. The van der Waals surface area contributed by atoms with Crippen LogP contribution in [0.1, 0.15) is 0 Å². The maximum Gasteiger partial charge on any atom is 0.0314 e. The van der Waals surface area contributed by atoms with Gasteiger partial charge in [-0.2, -0.15) is 0 Å². The molecule has 0 saturated carbocycles. The quantitative estimate of drug-likeness (QED) is 0.390. The van der Waals surface area contributed by atoms with Crippen molar-refractivity contribution in [2.24, 2.45) is 0 Å². The zero-order valence-electron chi connectivity index (χ0n) is 15.5. The average Bonchev–Trinajstić information content (AvgIpc) is 2.73. The molecule has 4 aromatic carbocycles. The summed E-state index contributed by atoms with van der Waals surface area (Å²) in [6, 6.07) is 35.2. The fraction of sp³-hybridized carbons (Fsp3) is 0. The third-order valence-electron chi connectivity index (χ3n) is 4.80. The number of rotatable bonds is 4. The van der Waals surface area contributed by atoms with E-state index >= 15 is 0 Å². The third kappa shape index (κ3) is 3.08. The van der Waals surface area contributed by atoms with Gasteiger partial charge in [-0.25, -0.2) is 0 Å². The van der Waals surface area contributed by atoms with E-state index in [1.807, 2.05) is 42.5 Å². The van der Waals surface area contributed by atoms with E-state index in [0.717, 1.165) is 17.1 Å². The predicted molar refractivity (Wildman–Crippen MR) is 120 cm³/mol. The van der Waals surface area contributed by atoms with Crippen LogP contribution in [0.3, 0.4) is 0 Å². The van der Waals surface area contributed by atoms with E-state index in [4.69, 9.17) is 17.2 Å². The van der Waals surface area contributed by atoms with E-state index in [0.29, 0.717) is 0 Å². The number of nitrogens with two attached hydrogens (primary N) is 3. The van der Waals surface area contributed by atoms with E-state index in [-0.39, 0.29) is 0 Å². The van der Waals surface area contributed by atoms with Gasteiger partial charge in [0.15, 0.2) is 0 Å².